The first-order chi connectivity index (χ1) is 42.3. The summed E-state index contributed by atoms with van der Waals surface area (Å²) in [5.41, 5.74) is 17.7. The topological polar surface area (TPSA) is 51.4 Å². The van der Waals surface area contributed by atoms with Gasteiger partial charge >= 0.3 is 0 Å². The van der Waals surface area contributed by atoms with Crippen LogP contribution in [0.5, 0.6) is 0 Å². The molecule has 8 heteroatoms. The lowest BCUT2D eigenvalue weighted by Crippen LogP contribution is -2.47. The second kappa shape index (κ2) is 30.1. The van der Waals surface area contributed by atoms with Crippen LogP contribution in [0.15, 0.2) is 188 Å². The maximum Gasteiger partial charge on any atom is 0.132 e. The highest BCUT2D eigenvalue weighted by molar-refractivity contribution is 6.11. The molecule has 6 nitrogen and oxygen atoms in total. The SMILES string of the molecule is C#CC.C=C(C)C/C=C(\c1ccc(CN2CCC(C3C=C(C)c4ccccc4N3CC3CC3)CC2)cc1C)c1ccccc1F.CC.Cc1cc(CN2CCC(c3nc4ccccc4n3C(C)c3ccccc3)CC2)ccc1C(=N)c1ccccc1F. The van der Waals surface area contributed by atoms with Crippen LogP contribution in [-0.2, 0) is 13.1 Å². The maximum absolute atomic E-state index is 14.8. The summed E-state index contributed by atoms with van der Waals surface area (Å²) in [6.45, 7) is 27.8. The van der Waals surface area contributed by atoms with Gasteiger partial charge in [0.15, 0.2) is 0 Å². The number of likely N-dealkylation sites (tertiary alicyclic amines) is 2. The zero-order valence-electron chi connectivity index (χ0n) is 52.8. The van der Waals surface area contributed by atoms with Crippen molar-refractivity contribution in [1.82, 2.24) is 19.4 Å². The summed E-state index contributed by atoms with van der Waals surface area (Å²) in [5, 5.41) is 8.56. The van der Waals surface area contributed by atoms with Gasteiger partial charge in [-0.15, -0.1) is 12.3 Å². The number of piperidine rings is 2. The Morgan fingerprint density at radius 1 is 0.678 bits per heavy atom. The lowest BCUT2D eigenvalue weighted by atomic mass is 9.83. The largest absolute Gasteiger partial charge is 0.364 e. The van der Waals surface area contributed by atoms with Gasteiger partial charge in [-0.2, -0.15) is 0 Å². The molecule has 0 amide bonds. The number of hydrogen-bond donors (Lipinski definition) is 1. The molecular weight excluding hydrogens is 1070 g/mol. The number of imidazole rings is 1. The maximum atomic E-state index is 14.8. The van der Waals surface area contributed by atoms with Crippen molar-refractivity contribution in [3.63, 3.8) is 0 Å². The molecule has 0 spiro atoms. The number of anilines is 1. The minimum atomic E-state index is -0.356. The monoisotopic (exact) mass is 1160 g/mol. The highest BCUT2D eigenvalue weighted by atomic mass is 19.1. The fourth-order valence-corrected chi connectivity index (χ4v) is 13.2. The predicted octanol–water partition coefficient (Wildman–Crippen LogP) is 19.0. The molecule has 4 aliphatic rings. The van der Waals surface area contributed by atoms with Crippen LogP contribution >= 0.6 is 0 Å². The molecule has 1 saturated carbocycles. The Labute approximate surface area is 518 Å². The standard InChI is InChI=1S/C39H45FN2.C35H35FN4.C3H4.C2H6/c1-27(2)13-17-35(36-10-5-7-11-37(36)40)33-18-16-31(23-28(33)3)25-41-21-19-32(20-22-41)39-24-29(4)34-9-6-8-12-38(34)42(39)26-30-14-15-30;1-24-22-26(16-17-29(24)34(37)30-12-6-7-13-31(30)36)23-39-20-18-28(19-21-39)35-38-32-14-8-9-15-33(32)40(35)25(2)27-10-4-3-5-11-27;1-3-2;1-2/h5-12,16-18,23-24,30,32,39H,1,13-15,19-22,25-26H2,2-4H3;3-17,22,25,28,37H,18-21,23H2,1-2H3;1H,2H3;1-2H3/b35-17+;;;. The molecule has 4 heterocycles. The van der Waals surface area contributed by atoms with Crippen molar-refractivity contribution in [2.45, 2.75) is 131 Å². The summed E-state index contributed by atoms with van der Waals surface area (Å²) in [4.78, 5) is 13.0. The van der Waals surface area contributed by atoms with E-state index in [1.54, 1.807) is 37.3 Å². The van der Waals surface area contributed by atoms with Gasteiger partial charge < -0.3 is 9.47 Å². The minimum Gasteiger partial charge on any atom is -0.364 e. The number of nitrogens with zero attached hydrogens (tertiary/aromatic N) is 5. The zero-order valence-corrected chi connectivity index (χ0v) is 52.8. The molecule has 0 radical (unpaired) electrons. The molecular formula is C79H90F2N6. The number of aromatic nitrogens is 2. The van der Waals surface area contributed by atoms with Gasteiger partial charge in [-0.3, -0.25) is 15.2 Å². The number of halogens is 2. The molecule has 1 N–H and O–H groups in total. The summed E-state index contributed by atoms with van der Waals surface area (Å²) in [6, 6.07) is 55.5. The van der Waals surface area contributed by atoms with Gasteiger partial charge in [0.05, 0.1) is 28.8 Å². The van der Waals surface area contributed by atoms with Gasteiger partial charge in [0.1, 0.15) is 17.5 Å². The second-order valence-electron chi connectivity index (χ2n) is 24.2. The van der Waals surface area contributed by atoms with Crippen molar-refractivity contribution in [2.24, 2.45) is 11.8 Å². The van der Waals surface area contributed by atoms with Gasteiger partial charge in [0.2, 0.25) is 0 Å². The molecule has 450 valence electrons. The Kier molecular flexibility index (Phi) is 22.0. The first-order valence-electron chi connectivity index (χ1n) is 31.8. The van der Waals surface area contributed by atoms with Crippen LogP contribution in [0.3, 0.4) is 0 Å². The van der Waals surface area contributed by atoms with Crippen molar-refractivity contribution < 1.29 is 8.78 Å². The average Bonchev–Trinajstić information content (AvgIpc) is 3.03. The quantitative estimate of drug-likeness (QED) is 0.0595. The zero-order chi connectivity index (χ0) is 61.6. The first kappa shape index (κ1) is 63.5. The second-order valence-corrected chi connectivity index (χ2v) is 24.2. The van der Waals surface area contributed by atoms with Crippen molar-refractivity contribution in [1.29, 1.82) is 5.41 Å². The summed E-state index contributed by atoms with van der Waals surface area (Å²) >= 11 is 0. The van der Waals surface area contributed by atoms with Crippen LogP contribution < -0.4 is 4.90 Å². The first-order valence-corrected chi connectivity index (χ1v) is 31.8. The van der Waals surface area contributed by atoms with Crippen molar-refractivity contribution >= 4 is 33.6 Å². The predicted molar refractivity (Wildman–Crippen MR) is 363 cm³/mol. The molecule has 7 aromatic carbocycles. The van der Waals surface area contributed by atoms with E-state index in [9.17, 15) is 8.78 Å². The summed E-state index contributed by atoms with van der Waals surface area (Å²) < 4.78 is 31.6. The van der Waals surface area contributed by atoms with Crippen LogP contribution in [0.4, 0.5) is 14.5 Å². The molecule has 3 aliphatic heterocycles. The van der Waals surface area contributed by atoms with Gasteiger partial charge in [-0.05, 0) is 205 Å². The number of fused-ring (bicyclic) bond motifs is 2. The van der Waals surface area contributed by atoms with E-state index in [2.05, 4.69) is 180 Å². The van der Waals surface area contributed by atoms with Gasteiger partial charge in [0.25, 0.3) is 0 Å². The minimum absolute atomic E-state index is 0.181. The Balaban J connectivity index is 0.000000194. The highest BCUT2D eigenvalue weighted by Gasteiger charge is 2.36. The number of para-hydroxylation sites is 3. The lowest BCUT2D eigenvalue weighted by Gasteiger charge is -2.44. The average molecular weight is 1160 g/mol. The number of terminal acetylenes is 1. The Morgan fingerprint density at radius 2 is 1.22 bits per heavy atom. The smallest absolute Gasteiger partial charge is 0.132 e. The Hall–Kier alpha value is -7.96. The van der Waals surface area contributed by atoms with E-state index in [1.807, 2.05) is 45.9 Å². The van der Waals surface area contributed by atoms with Gasteiger partial charge in [-0.1, -0.05) is 166 Å². The van der Waals surface area contributed by atoms with Crippen LogP contribution in [-0.4, -0.2) is 63.8 Å². The number of allylic oxidation sites excluding steroid dienone is 3. The van der Waals surface area contributed by atoms with Gasteiger partial charge in [-0.25, -0.2) is 13.8 Å². The normalized spacial score (nSPS) is 16.8. The third-order valence-electron chi connectivity index (χ3n) is 17.8. The molecule has 2 unspecified atom stereocenters. The molecule has 2 saturated heterocycles. The summed E-state index contributed by atoms with van der Waals surface area (Å²) in [6.07, 6.45) is 17.4. The number of hydrogen-bond acceptors (Lipinski definition) is 5. The molecule has 87 heavy (non-hydrogen) atoms. The molecule has 3 fully saturated rings. The molecule has 8 aromatic rings. The van der Waals surface area contributed by atoms with Crippen LogP contribution in [0.25, 0.3) is 22.2 Å². The van der Waals surface area contributed by atoms with E-state index in [1.165, 1.54) is 88.7 Å². The Morgan fingerprint density at radius 3 is 1.82 bits per heavy atom. The molecule has 1 aromatic heterocycles. The van der Waals surface area contributed by atoms with E-state index < -0.39 is 0 Å². The van der Waals surface area contributed by atoms with E-state index in [0.717, 1.165) is 97.8 Å². The van der Waals surface area contributed by atoms with Gasteiger partial charge in [0, 0.05) is 53.5 Å². The van der Waals surface area contributed by atoms with Crippen molar-refractivity contribution in [2.75, 3.05) is 37.6 Å². The van der Waals surface area contributed by atoms with Crippen molar-refractivity contribution in [3.8, 4) is 12.3 Å². The molecule has 2 atom stereocenters. The Bertz CT molecular complexity index is 3730. The third-order valence-corrected chi connectivity index (χ3v) is 17.8. The fraction of sp³-hybridized carbons (Fsp3) is 0.342. The summed E-state index contributed by atoms with van der Waals surface area (Å²) in [7, 11) is 0. The fourth-order valence-electron chi connectivity index (χ4n) is 13.2. The molecule has 1 aliphatic carbocycles. The number of nitrogens with one attached hydrogen (secondary N) is 1. The number of benzene rings is 7. The van der Waals surface area contributed by atoms with Crippen LogP contribution in [0, 0.1) is 55.1 Å². The third kappa shape index (κ3) is 15.6. The van der Waals surface area contributed by atoms with E-state index >= 15 is 0 Å². The van der Waals surface area contributed by atoms with Crippen molar-refractivity contribution in [3.05, 3.63) is 261 Å². The summed E-state index contributed by atoms with van der Waals surface area (Å²) in [5.74, 6) is 4.89. The van der Waals surface area contributed by atoms with E-state index in [4.69, 9.17) is 10.4 Å². The lowest BCUT2D eigenvalue weighted by molar-refractivity contribution is 0.168. The highest BCUT2D eigenvalue weighted by Crippen LogP contribution is 2.42. The number of rotatable bonds is 16. The van der Waals surface area contributed by atoms with E-state index in [-0.39, 0.29) is 23.4 Å². The number of aryl methyl sites for hydroxylation is 2. The van der Waals surface area contributed by atoms with Crippen LogP contribution in [0.2, 0.25) is 0 Å². The molecule has 12 rings (SSSR count). The molecule has 0 bridgehead atoms. The van der Waals surface area contributed by atoms with Crippen LogP contribution in [0.1, 0.15) is 160 Å². The van der Waals surface area contributed by atoms with E-state index in [0.29, 0.717) is 29.0 Å².